The third-order valence-corrected chi connectivity index (χ3v) is 6.20. The van der Waals surface area contributed by atoms with Gasteiger partial charge in [-0.15, -0.1) is 10.2 Å². The van der Waals surface area contributed by atoms with E-state index in [0.717, 1.165) is 22.5 Å². The molecular weight excluding hydrogens is 404 g/mol. The Morgan fingerprint density at radius 1 is 0.839 bits per heavy atom. The standard InChI is InChI=1S/C25H24N4OS/c1-18(31-25-28-27-23(29(25)2)21-16-10-5-11-17-21)24(30)26-22(19-12-6-3-7-13-19)20-14-8-4-9-15-20/h3-18,22H,1-2H3,(H,26,30)/t18-/m1/s1. The van der Waals surface area contributed by atoms with Crippen molar-refractivity contribution in [1.82, 2.24) is 20.1 Å². The Balaban J connectivity index is 1.51. The van der Waals surface area contributed by atoms with Crippen LogP contribution in [0.25, 0.3) is 11.4 Å². The fraction of sp³-hybridized carbons (Fsp3) is 0.160. The first-order valence-corrected chi connectivity index (χ1v) is 11.0. The quantitative estimate of drug-likeness (QED) is 0.427. The molecule has 5 nitrogen and oxygen atoms in total. The topological polar surface area (TPSA) is 59.8 Å². The van der Waals surface area contributed by atoms with E-state index in [4.69, 9.17) is 0 Å². The van der Waals surface area contributed by atoms with E-state index in [1.54, 1.807) is 0 Å². The van der Waals surface area contributed by atoms with Gasteiger partial charge in [0.15, 0.2) is 11.0 Å². The minimum absolute atomic E-state index is 0.0491. The van der Waals surface area contributed by atoms with Crippen LogP contribution < -0.4 is 5.32 Å². The van der Waals surface area contributed by atoms with Gasteiger partial charge in [-0.05, 0) is 18.1 Å². The Bertz CT molecular complexity index is 1090. The number of thioether (sulfide) groups is 1. The van der Waals surface area contributed by atoms with E-state index in [9.17, 15) is 4.79 Å². The smallest absolute Gasteiger partial charge is 0.234 e. The number of carbonyl (C=O) groups excluding carboxylic acids is 1. The molecule has 4 aromatic rings. The zero-order valence-electron chi connectivity index (χ0n) is 17.5. The average molecular weight is 429 g/mol. The van der Waals surface area contributed by atoms with E-state index in [0.29, 0.717) is 5.16 Å². The summed E-state index contributed by atoms with van der Waals surface area (Å²) in [6.07, 6.45) is 0. The first kappa shape index (κ1) is 20.9. The molecule has 1 aromatic heterocycles. The summed E-state index contributed by atoms with van der Waals surface area (Å²) < 4.78 is 1.93. The highest BCUT2D eigenvalue weighted by Crippen LogP contribution is 2.27. The van der Waals surface area contributed by atoms with E-state index in [2.05, 4.69) is 15.5 Å². The number of aromatic nitrogens is 3. The molecule has 0 fully saturated rings. The molecular formula is C25H24N4OS. The molecule has 0 bridgehead atoms. The van der Waals surface area contributed by atoms with Crippen LogP contribution in [0.5, 0.6) is 0 Å². The van der Waals surface area contributed by atoms with Crippen LogP contribution in [-0.2, 0) is 11.8 Å². The predicted octanol–water partition coefficient (Wildman–Crippen LogP) is 4.87. The van der Waals surface area contributed by atoms with Gasteiger partial charge in [-0.2, -0.15) is 0 Å². The Morgan fingerprint density at radius 3 is 1.90 bits per heavy atom. The molecule has 0 unspecified atom stereocenters. The zero-order valence-corrected chi connectivity index (χ0v) is 18.3. The van der Waals surface area contributed by atoms with Crippen LogP contribution in [0.3, 0.4) is 0 Å². The molecule has 31 heavy (non-hydrogen) atoms. The molecule has 4 rings (SSSR count). The van der Waals surface area contributed by atoms with E-state index >= 15 is 0 Å². The fourth-order valence-electron chi connectivity index (χ4n) is 3.38. The molecule has 0 aliphatic rings. The van der Waals surface area contributed by atoms with Gasteiger partial charge in [0.25, 0.3) is 0 Å². The second-order valence-corrected chi connectivity index (χ2v) is 8.56. The second-order valence-electron chi connectivity index (χ2n) is 7.25. The van der Waals surface area contributed by atoms with Crippen LogP contribution in [0, 0.1) is 0 Å². The van der Waals surface area contributed by atoms with Gasteiger partial charge in [0.2, 0.25) is 5.91 Å². The van der Waals surface area contributed by atoms with Crippen molar-refractivity contribution < 1.29 is 4.79 Å². The minimum Gasteiger partial charge on any atom is -0.344 e. The summed E-state index contributed by atoms with van der Waals surface area (Å²) in [5.74, 6) is 0.731. The first-order valence-electron chi connectivity index (χ1n) is 10.1. The highest BCUT2D eigenvalue weighted by Gasteiger charge is 2.23. The van der Waals surface area contributed by atoms with Crippen LogP contribution in [0.4, 0.5) is 0 Å². The van der Waals surface area contributed by atoms with Crippen molar-refractivity contribution in [3.05, 3.63) is 102 Å². The van der Waals surface area contributed by atoms with Crippen molar-refractivity contribution >= 4 is 17.7 Å². The van der Waals surface area contributed by atoms with Crippen molar-refractivity contribution in [1.29, 1.82) is 0 Å². The first-order chi connectivity index (χ1) is 15.1. The maximum atomic E-state index is 13.1. The van der Waals surface area contributed by atoms with E-state index in [-0.39, 0.29) is 17.2 Å². The third kappa shape index (κ3) is 4.86. The maximum Gasteiger partial charge on any atom is 0.234 e. The average Bonchev–Trinajstić information content (AvgIpc) is 3.19. The zero-order chi connectivity index (χ0) is 21.6. The lowest BCUT2D eigenvalue weighted by molar-refractivity contribution is -0.120. The van der Waals surface area contributed by atoms with Gasteiger partial charge < -0.3 is 9.88 Å². The van der Waals surface area contributed by atoms with Crippen LogP contribution in [0.15, 0.2) is 96.2 Å². The second kappa shape index (κ2) is 9.62. The van der Waals surface area contributed by atoms with Gasteiger partial charge in [0.1, 0.15) is 0 Å². The number of hydrogen-bond donors (Lipinski definition) is 1. The Kier molecular flexibility index (Phi) is 6.48. The normalized spacial score (nSPS) is 12.0. The van der Waals surface area contributed by atoms with Crippen LogP contribution in [-0.4, -0.2) is 25.9 Å². The summed E-state index contributed by atoms with van der Waals surface area (Å²) in [5.41, 5.74) is 3.09. The van der Waals surface area contributed by atoms with Gasteiger partial charge >= 0.3 is 0 Å². The number of carbonyl (C=O) groups is 1. The van der Waals surface area contributed by atoms with Crippen molar-refractivity contribution in [3.63, 3.8) is 0 Å². The number of nitrogens with zero attached hydrogens (tertiary/aromatic N) is 3. The Labute approximate surface area is 186 Å². The lowest BCUT2D eigenvalue weighted by atomic mass is 9.98. The molecule has 0 saturated carbocycles. The summed E-state index contributed by atoms with van der Waals surface area (Å²) in [4.78, 5) is 13.1. The number of hydrogen-bond acceptors (Lipinski definition) is 4. The van der Waals surface area contributed by atoms with Gasteiger partial charge in [-0.3, -0.25) is 4.79 Å². The molecule has 3 aromatic carbocycles. The number of amides is 1. The van der Waals surface area contributed by atoms with Gasteiger partial charge in [-0.1, -0.05) is 103 Å². The number of nitrogens with one attached hydrogen (secondary N) is 1. The molecule has 1 N–H and O–H groups in total. The van der Waals surface area contributed by atoms with Crippen molar-refractivity contribution in [3.8, 4) is 11.4 Å². The van der Waals surface area contributed by atoms with Gasteiger partial charge in [-0.25, -0.2) is 0 Å². The summed E-state index contributed by atoms with van der Waals surface area (Å²) in [7, 11) is 1.92. The number of rotatable bonds is 7. The maximum absolute atomic E-state index is 13.1. The highest BCUT2D eigenvalue weighted by molar-refractivity contribution is 8.00. The Hall–Kier alpha value is -3.38. The molecule has 156 valence electrons. The van der Waals surface area contributed by atoms with Crippen LogP contribution >= 0.6 is 11.8 Å². The summed E-state index contributed by atoms with van der Waals surface area (Å²) >= 11 is 1.40. The molecule has 0 saturated heterocycles. The molecule has 1 amide bonds. The molecule has 0 aliphatic heterocycles. The molecule has 0 radical (unpaired) electrons. The van der Waals surface area contributed by atoms with E-state index in [1.807, 2.05) is 110 Å². The lowest BCUT2D eigenvalue weighted by Gasteiger charge is -2.22. The number of benzene rings is 3. The van der Waals surface area contributed by atoms with E-state index < -0.39 is 0 Å². The monoisotopic (exact) mass is 428 g/mol. The highest BCUT2D eigenvalue weighted by atomic mass is 32.2. The summed E-state index contributed by atoms with van der Waals surface area (Å²) in [5, 5.41) is 12.2. The predicted molar refractivity (Wildman–Crippen MR) is 125 cm³/mol. The van der Waals surface area contributed by atoms with Crippen molar-refractivity contribution in [2.24, 2.45) is 7.05 Å². The SMILES string of the molecule is C[C@@H](Sc1nnc(-c2ccccc2)n1C)C(=O)NC(c1ccccc1)c1ccccc1. The Morgan fingerprint density at radius 2 is 1.35 bits per heavy atom. The van der Waals surface area contributed by atoms with E-state index in [1.165, 1.54) is 11.8 Å². The van der Waals surface area contributed by atoms with Gasteiger partial charge in [0, 0.05) is 12.6 Å². The van der Waals surface area contributed by atoms with Gasteiger partial charge in [0.05, 0.1) is 11.3 Å². The molecule has 6 heteroatoms. The minimum atomic E-state index is -0.332. The fourth-order valence-corrected chi connectivity index (χ4v) is 4.20. The summed E-state index contributed by atoms with van der Waals surface area (Å²) in [6, 6.07) is 29.7. The van der Waals surface area contributed by atoms with Crippen LogP contribution in [0.1, 0.15) is 24.1 Å². The molecule has 0 spiro atoms. The molecule has 1 heterocycles. The third-order valence-electron chi connectivity index (χ3n) is 5.07. The van der Waals surface area contributed by atoms with Crippen molar-refractivity contribution in [2.45, 2.75) is 23.4 Å². The molecule has 0 aliphatic carbocycles. The lowest BCUT2D eigenvalue weighted by Crippen LogP contribution is -2.35. The van der Waals surface area contributed by atoms with Crippen molar-refractivity contribution in [2.75, 3.05) is 0 Å². The molecule has 1 atom stereocenters. The largest absolute Gasteiger partial charge is 0.344 e. The summed E-state index contributed by atoms with van der Waals surface area (Å²) in [6.45, 7) is 1.89. The van der Waals surface area contributed by atoms with Crippen LogP contribution in [0.2, 0.25) is 0 Å².